The van der Waals surface area contributed by atoms with Crippen molar-refractivity contribution in [2.24, 2.45) is 0 Å². The van der Waals surface area contributed by atoms with Crippen molar-refractivity contribution in [3.63, 3.8) is 0 Å². The smallest absolute Gasteiger partial charge is 0.291 e. The summed E-state index contributed by atoms with van der Waals surface area (Å²) in [4.78, 5) is 23.7. The number of benzene rings is 1. The molecule has 1 aliphatic rings. The average Bonchev–Trinajstić information content (AvgIpc) is 3.06. The van der Waals surface area contributed by atoms with Gasteiger partial charge in [0.1, 0.15) is 0 Å². The van der Waals surface area contributed by atoms with Crippen LogP contribution in [0.15, 0.2) is 47.0 Å². The molecule has 0 saturated carbocycles. The van der Waals surface area contributed by atoms with Crippen molar-refractivity contribution in [3.8, 4) is 0 Å². The Morgan fingerprint density at radius 3 is 2.72 bits per heavy atom. The van der Waals surface area contributed by atoms with E-state index in [2.05, 4.69) is 48.3 Å². The van der Waals surface area contributed by atoms with E-state index in [4.69, 9.17) is 9.40 Å². The van der Waals surface area contributed by atoms with Gasteiger partial charge in [-0.1, -0.05) is 35.9 Å². The molecule has 2 aromatic heterocycles. The number of piperidine rings is 1. The second-order valence-electron chi connectivity index (χ2n) is 7.99. The molecule has 3 heterocycles. The lowest BCUT2D eigenvalue weighted by Gasteiger charge is -2.32. The summed E-state index contributed by atoms with van der Waals surface area (Å²) < 4.78 is 5.53. The first-order chi connectivity index (χ1) is 14.0. The SMILES string of the molecule is Cc1cccc(Cc2ccc([C@@H]3CCCN(C(=O)c4oc(C)nc4C)C3)nc2)c1. The predicted octanol–water partition coefficient (Wildman–Crippen LogP) is 4.61. The van der Waals surface area contributed by atoms with Crippen LogP contribution < -0.4 is 0 Å². The number of oxazole rings is 1. The number of aromatic nitrogens is 2. The molecule has 150 valence electrons. The molecule has 4 rings (SSSR count). The van der Waals surface area contributed by atoms with Crippen LogP contribution in [0.3, 0.4) is 0 Å². The Morgan fingerprint density at radius 2 is 2.03 bits per heavy atom. The molecular weight excluding hydrogens is 362 g/mol. The fourth-order valence-electron chi connectivity index (χ4n) is 4.12. The lowest BCUT2D eigenvalue weighted by molar-refractivity contribution is 0.0671. The van der Waals surface area contributed by atoms with Crippen LogP contribution in [0.4, 0.5) is 0 Å². The maximum Gasteiger partial charge on any atom is 0.291 e. The Labute approximate surface area is 171 Å². The van der Waals surface area contributed by atoms with Crippen LogP contribution in [0.2, 0.25) is 0 Å². The van der Waals surface area contributed by atoms with Gasteiger partial charge in [-0.3, -0.25) is 9.78 Å². The lowest BCUT2D eigenvalue weighted by Crippen LogP contribution is -2.39. The molecule has 5 nitrogen and oxygen atoms in total. The third-order valence-corrected chi connectivity index (χ3v) is 5.56. The standard InChI is InChI=1S/C24H27N3O2/c1-16-6-4-7-19(12-16)13-20-9-10-22(25-14-20)21-8-5-11-27(15-21)24(28)23-17(2)26-18(3)29-23/h4,6-7,9-10,12,14,21H,5,8,11,13,15H2,1-3H3/t21-/m1/s1. The van der Waals surface area contributed by atoms with E-state index in [0.717, 1.165) is 31.5 Å². The first-order valence-electron chi connectivity index (χ1n) is 10.2. The molecule has 1 amide bonds. The Kier molecular flexibility index (Phi) is 5.47. The monoisotopic (exact) mass is 389 g/mol. The van der Waals surface area contributed by atoms with Crippen molar-refractivity contribution in [3.05, 3.63) is 82.3 Å². The molecule has 0 radical (unpaired) electrons. The summed E-state index contributed by atoms with van der Waals surface area (Å²) >= 11 is 0. The van der Waals surface area contributed by atoms with Crippen LogP contribution in [-0.2, 0) is 6.42 Å². The minimum absolute atomic E-state index is 0.0659. The van der Waals surface area contributed by atoms with E-state index < -0.39 is 0 Å². The van der Waals surface area contributed by atoms with Gasteiger partial charge in [-0.15, -0.1) is 0 Å². The number of carbonyl (C=O) groups excluding carboxylic acids is 1. The number of amides is 1. The molecule has 1 aliphatic heterocycles. The fraction of sp³-hybridized carbons (Fsp3) is 0.375. The molecule has 1 fully saturated rings. The van der Waals surface area contributed by atoms with E-state index in [0.29, 0.717) is 23.9 Å². The third kappa shape index (κ3) is 4.39. The van der Waals surface area contributed by atoms with Crippen LogP contribution >= 0.6 is 0 Å². The molecule has 0 spiro atoms. The van der Waals surface area contributed by atoms with Gasteiger partial charge < -0.3 is 9.32 Å². The zero-order valence-electron chi connectivity index (χ0n) is 17.3. The minimum atomic E-state index is -0.0659. The Balaban J connectivity index is 1.44. The molecule has 0 unspecified atom stereocenters. The molecule has 29 heavy (non-hydrogen) atoms. The van der Waals surface area contributed by atoms with Crippen molar-refractivity contribution in [2.45, 2.75) is 46.0 Å². The number of pyridine rings is 1. The molecule has 5 heteroatoms. The summed E-state index contributed by atoms with van der Waals surface area (Å²) in [7, 11) is 0. The fourth-order valence-corrected chi connectivity index (χ4v) is 4.12. The predicted molar refractivity (Wildman–Crippen MR) is 112 cm³/mol. The number of aryl methyl sites for hydroxylation is 3. The third-order valence-electron chi connectivity index (χ3n) is 5.56. The van der Waals surface area contributed by atoms with Gasteiger partial charge in [0.05, 0.1) is 5.69 Å². The molecule has 0 N–H and O–H groups in total. The van der Waals surface area contributed by atoms with Gasteiger partial charge in [0, 0.05) is 37.8 Å². The second kappa shape index (κ2) is 8.19. The van der Waals surface area contributed by atoms with E-state index in [1.54, 1.807) is 6.92 Å². The maximum absolute atomic E-state index is 12.9. The first-order valence-corrected chi connectivity index (χ1v) is 10.2. The van der Waals surface area contributed by atoms with Gasteiger partial charge in [-0.05, 0) is 50.3 Å². The van der Waals surface area contributed by atoms with Gasteiger partial charge in [-0.2, -0.15) is 0 Å². The van der Waals surface area contributed by atoms with E-state index in [1.165, 1.54) is 16.7 Å². The molecule has 1 aromatic carbocycles. The molecule has 3 aromatic rings. The van der Waals surface area contributed by atoms with Gasteiger partial charge in [0.15, 0.2) is 5.89 Å². The number of carbonyl (C=O) groups is 1. The topological polar surface area (TPSA) is 59.2 Å². The van der Waals surface area contributed by atoms with Crippen molar-refractivity contribution in [1.82, 2.24) is 14.9 Å². The van der Waals surface area contributed by atoms with Crippen LogP contribution in [0.1, 0.15) is 63.3 Å². The number of nitrogens with zero attached hydrogens (tertiary/aromatic N) is 3. The van der Waals surface area contributed by atoms with Crippen LogP contribution in [-0.4, -0.2) is 33.9 Å². The van der Waals surface area contributed by atoms with Gasteiger partial charge in [0.25, 0.3) is 5.91 Å². The summed E-state index contributed by atoms with van der Waals surface area (Å²) in [5.41, 5.74) is 5.49. The first kappa shape index (κ1) is 19.4. The van der Waals surface area contributed by atoms with Crippen molar-refractivity contribution < 1.29 is 9.21 Å². The van der Waals surface area contributed by atoms with Crippen molar-refractivity contribution in [2.75, 3.05) is 13.1 Å². The highest BCUT2D eigenvalue weighted by molar-refractivity contribution is 5.92. The van der Waals surface area contributed by atoms with Gasteiger partial charge in [-0.25, -0.2) is 4.98 Å². The highest BCUT2D eigenvalue weighted by Crippen LogP contribution is 2.27. The van der Waals surface area contributed by atoms with Crippen LogP contribution in [0.5, 0.6) is 0 Å². The minimum Gasteiger partial charge on any atom is -0.436 e. The summed E-state index contributed by atoms with van der Waals surface area (Å²) in [5.74, 6) is 1.09. The zero-order chi connectivity index (χ0) is 20.4. The highest BCUT2D eigenvalue weighted by Gasteiger charge is 2.29. The highest BCUT2D eigenvalue weighted by atomic mass is 16.4. The van der Waals surface area contributed by atoms with E-state index >= 15 is 0 Å². The number of hydrogen-bond acceptors (Lipinski definition) is 4. The Bertz CT molecular complexity index is 1010. The molecule has 0 aliphatic carbocycles. The van der Waals surface area contributed by atoms with Gasteiger partial charge in [0.2, 0.25) is 5.76 Å². The van der Waals surface area contributed by atoms with E-state index in [1.807, 2.05) is 18.0 Å². The number of hydrogen-bond donors (Lipinski definition) is 0. The maximum atomic E-state index is 12.9. The van der Waals surface area contributed by atoms with Crippen LogP contribution in [0, 0.1) is 20.8 Å². The summed E-state index contributed by atoms with van der Waals surface area (Å²) in [6, 6.07) is 12.9. The zero-order valence-corrected chi connectivity index (χ0v) is 17.3. The summed E-state index contributed by atoms with van der Waals surface area (Å²) in [6.45, 7) is 7.12. The number of rotatable bonds is 4. The normalized spacial score (nSPS) is 16.8. The molecule has 1 atom stereocenters. The second-order valence-corrected chi connectivity index (χ2v) is 7.99. The average molecular weight is 389 g/mol. The van der Waals surface area contributed by atoms with E-state index in [9.17, 15) is 4.79 Å². The van der Waals surface area contributed by atoms with Crippen molar-refractivity contribution in [1.29, 1.82) is 0 Å². The lowest BCUT2D eigenvalue weighted by atomic mass is 9.93. The van der Waals surface area contributed by atoms with E-state index in [-0.39, 0.29) is 11.8 Å². The van der Waals surface area contributed by atoms with Crippen molar-refractivity contribution >= 4 is 5.91 Å². The summed E-state index contributed by atoms with van der Waals surface area (Å²) in [6.07, 6.45) is 4.87. The quantitative estimate of drug-likeness (QED) is 0.654. The van der Waals surface area contributed by atoms with Gasteiger partial charge >= 0.3 is 0 Å². The summed E-state index contributed by atoms with van der Waals surface area (Å²) in [5, 5.41) is 0. The van der Waals surface area contributed by atoms with Crippen LogP contribution in [0.25, 0.3) is 0 Å². The molecule has 1 saturated heterocycles. The Morgan fingerprint density at radius 1 is 1.17 bits per heavy atom. The Hall–Kier alpha value is -2.95. The largest absolute Gasteiger partial charge is 0.436 e. The molecular formula is C24H27N3O2. The number of likely N-dealkylation sites (tertiary alicyclic amines) is 1. The molecule has 0 bridgehead atoms.